The summed E-state index contributed by atoms with van der Waals surface area (Å²) in [7, 11) is -3.18. The molecule has 0 bridgehead atoms. The van der Waals surface area contributed by atoms with Crippen LogP contribution in [0.25, 0.3) is 0 Å². The van der Waals surface area contributed by atoms with E-state index in [1.165, 1.54) is 0 Å². The van der Waals surface area contributed by atoms with Gasteiger partial charge >= 0.3 is 5.97 Å². The normalized spacial score (nSPS) is 11.2. The van der Waals surface area contributed by atoms with Crippen LogP contribution in [0.2, 0.25) is 0 Å². The third-order valence-corrected chi connectivity index (χ3v) is 2.88. The standard InChI is InChI=1S/C12H17NO4S/c1-3-17-12(14)8-10-4-6-11(7-5-10)9-13-18(2,15)16/h4-7,13H,3,8-9H2,1-2H3. The van der Waals surface area contributed by atoms with E-state index in [0.29, 0.717) is 6.61 Å². The van der Waals surface area contributed by atoms with Crippen molar-refractivity contribution < 1.29 is 17.9 Å². The molecule has 0 amide bonds. The maximum atomic E-state index is 11.2. The Hall–Kier alpha value is -1.40. The molecular weight excluding hydrogens is 254 g/mol. The largest absolute Gasteiger partial charge is 0.466 e. The Morgan fingerprint density at radius 2 is 1.78 bits per heavy atom. The molecule has 0 radical (unpaired) electrons. The Morgan fingerprint density at radius 1 is 1.22 bits per heavy atom. The van der Waals surface area contributed by atoms with Gasteiger partial charge in [-0.15, -0.1) is 0 Å². The lowest BCUT2D eigenvalue weighted by atomic mass is 10.1. The first-order valence-corrected chi connectivity index (χ1v) is 7.48. The summed E-state index contributed by atoms with van der Waals surface area (Å²) in [6, 6.07) is 7.14. The number of ether oxygens (including phenoxy) is 1. The lowest BCUT2D eigenvalue weighted by Gasteiger charge is -2.05. The van der Waals surface area contributed by atoms with Crippen LogP contribution in [-0.4, -0.2) is 27.2 Å². The van der Waals surface area contributed by atoms with E-state index < -0.39 is 10.0 Å². The molecule has 5 nitrogen and oxygen atoms in total. The van der Waals surface area contributed by atoms with Crippen LogP contribution in [0.1, 0.15) is 18.1 Å². The quantitative estimate of drug-likeness (QED) is 0.778. The van der Waals surface area contributed by atoms with E-state index in [-0.39, 0.29) is 18.9 Å². The van der Waals surface area contributed by atoms with Crippen LogP contribution < -0.4 is 4.72 Å². The van der Waals surface area contributed by atoms with Gasteiger partial charge in [-0.1, -0.05) is 24.3 Å². The molecule has 0 aliphatic heterocycles. The van der Waals surface area contributed by atoms with Crippen molar-refractivity contribution in [2.45, 2.75) is 19.9 Å². The van der Waals surface area contributed by atoms with Gasteiger partial charge in [0.15, 0.2) is 0 Å². The molecule has 0 aromatic heterocycles. The van der Waals surface area contributed by atoms with Crippen molar-refractivity contribution >= 4 is 16.0 Å². The van der Waals surface area contributed by atoms with Crippen LogP contribution in [0.15, 0.2) is 24.3 Å². The highest BCUT2D eigenvalue weighted by molar-refractivity contribution is 7.88. The fraction of sp³-hybridized carbons (Fsp3) is 0.417. The van der Waals surface area contributed by atoms with E-state index >= 15 is 0 Å². The molecule has 1 N–H and O–H groups in total. The van der Waals surface area contributed by atoms with E-state index in [1.54, 1.807) is 31.2 Å². The number of carbonyl (C=O) groups is 1. The second-order valence-corrected chi connectivity index (χ2v) is 5.72. The summed E-state index contributed by atoms with van der Waals surface area (Å²) in [5, 5.41) is 0. The second kappa shape index (κ2) is 6.51. The Bertz CT molecular complexity index is 493. The van der Waals surface area contributed by atoms with Crippen LogP contribution in [0.3, 0.4) is 0 Å². The predicted molar refractivity (Wildman–Crippen MR) is 68.5 cm³/mol. The Morgan fingerprint density at radius 3 is 2.28 bits per heavy atom. The van der Waals surface area contributed by atoms with Gasteiger partial charge in [0.2, 0.25) is 10.0 Å². The first-order chi connectivity index (χ1) is 8.40. The Kier molecular flexibility index (Phi) is 5.30. The second-order valence-electron chi connectivity index (χ2n) is 3.89. The zero-order valence-corrected chi connectivity index (χ0v) is 11.3. The molecule has 18 heavy (non-hydrogen) atoms. The van der Waals surface area contributed by atoms with Gasteiger partial charge in [0.05, 0.1) is 19.3 Å². The molecule has 0 spiro atoms. The Labute approximate surface area is 107 Å². The molecule has 0 aliphatic carbocycles. The van der Waals surface area contributed by atoms with E-state index in [1.807, 2.05) is 0 Å². The van der Waals surface area contributed by atoms with E-state index in [4.69, 9.17) is 4.74 Å². The summed E-state index contributed by atoms with van der Waals surface area (Å²) in [6.45, 7) is 2.38. The van der Waals surface area contributed by atoms with Crippen LogP contribution in [0.5, 0.6) is 0 Å². The van der Waals surface area contributed by atoms with Gasteiger partial charge in [0.1, 0.15) is 0 Å². The van der Waals surface area contributed by atoms with Gasteiger partial charge in [-0.2, -0.15) is 0 Å². The van der Waals surface area contributed by atoms with E-state index in [9.17, 15) is 13.2 Å². The molecule has 6 heteroatoms. The molecule has 1 rings (SSSR count). The molecule has 0 saturated carbocycles. The summed E-state index contributed by atoms with van der Waals surface area (Å²) in [4.78, 5) is 11.2. The third kappa shape index (κ3) is 5.79. The summed E-state index contributed by atoms with van der Waals surface area (Å²) in [5.74, 6) is -0.264. The number of hydrogen-bond acceptors (Lipinski definition) is 4. The maximum Gasteiger partial charge on any atom is 0.310 e. The van der Waals surface area contributed by atoms with Crippen molar-refractivity contribution in [3.63, 3.8) is 0 Å². The molecule has 0 fully saturated rings. The molecule has 0 aliphatic rings. The predicted octanol–water partition coefficient (Wildman–Crippen LogP) is 0.841. The molecule has 1 aromatic carbocycles. The number of rotatable bonds is 6. The number of sulfonamides is 1. The van der Waals surface area contributed by atoms with Gasteiger partial charge in [0, 0.05) is 6.54 Å². The van der Waals surface area contributed by atoms with Crippen molar-refractivity contribution in [1.82, 2.24) is 4.72 Å². The minimum atomic E-state index is -3.18. The summed E-state index contributed by atoms with van der Waals surface area (Å²) in [6.07, 6.45) is 1.34. The lowest BCUT2D eigenvalue weighted by Crippen LogP contribution is -2.21. The van der Waals surface area contributed by atoms with Crippen molar-refractivity contribution in [3.05, 3.63) is 35.4 Å². The van der Waals surface area contributed by atoms with Gasteiger partial charge in [-0.3, -0.25) is 4.79 Å². The minimum Gasteiger partial charge on any atom is -0.466 e. The number of benzene rings is 1. The highest BCUT2D eigenvalue weighted by atomic mass is 32.2. The SMILES string of the molecule is CCOC(=O)Cc1ccc(CNS(C)(=O)=O)cc1. The summed E-state index contributed by atoms with van der Waals surface area (Å²) < 4.78 is 29.1. The van der Waals surface area contributed by atoms with Crippen LogP contribution in [0.4, 0.5) is 0 Å². The number of hydrogen-bond donors (Lipinski definition) is 1. The Balaban J connectivity index is 2.55. The average Bonchev–Trinajstić information content (AvgIpc) is 2.27. The van der Waals surface area contributed by atoms with Gasteiger partial charge < -0.3 is 4.74 Å². The molecular formula is C12H17NO4S. The van der Waals surface area contributed by atoms with E-state index in [0.717, 1.165) is 17.4 Å². The molecule has 1 aromatic rings. The molecule has 0 atom stereocenters. The van der Waals surface area contributed by atoms with Crippen molar-refractivity contribution in [2.24, 2.45) is 0 Å². The fourth-order valence-corrected chi connectivity index (χ4v) is 1.80. The highest BCUT2D eigenvalue weighted by Crippen LogP contribution is 2.06. The minimum absolute atomic E-state index is 0.230. The number of esters is 1. The van der Waals surface area contributed by atoms with Crippen molar-refractivity contribution in [2.75, 3.05) is 12.9 Å². The van der Waals surface area contributed by atoms with Crippen LogP contribution >= 0.6 is 0 Å². The third-order valence-electron chi connectivity index (χ3n) is 2.22. The molecule has 0 saturated heterocycles. The lowest BCUT2D eigenvalue weighted by molar-refractivity contribution is -0.142. The summed E-state index contributed by atoms with van der Waals surface area (Å²) in [5.41, 5.74) is 1.68. The average molecular weight is 271 g/mol. The molecule has 100 valence electrons. The van der Waals surface area contributed by atoms with Crippen molar-refractivity contribution in [1.29, 1.82) is 0 Å². The molecule has 0 heterocycles. The molecule has 0 unspecified atom stereocenters. The maximum absolute atomic E-state index is 11.2. The van der Waals surface area contributed by atoms with Crippen LogP contribution in [0, 0.1) is 0 Å². The van der Waals surface area contributed by atoms with Gasteiger partial charge in [0.25, 0.3) is 0 Å². The smallest absolute Gasteiger partial charge is 0.310 e. The summed E-state index contributed by atoms with van der Waals surface area (Å²) >= 11 is 0. The number of carbonyl (C=O) groups excluding carboxylic acids is 1. The first-order valence-electron chi connectivity index (χ1n) is 5.59. The van der Waals surface area contributed by atoms with Crippen molar-refractivity contribution in [3.8, 4) is 0 Å². The highest BCUT2D eigenvalue weighted by Gasteiger charge is 2.04. The van der Waals surface area contributed by atoms with E-state index in [2.05, 4.69) is 4.72 Å². The van der Waals surface area contributed by atoms with Gasteiger partial charge in [-0.05, 0) is 18.1 Å². The van der Waals surface area contributed by atoms with Crippen LogP contribution in [-0.2, 0) is 32.5 Å². The monoisotopic (exact) mass is 271 g/mol. The zero-order chi connectivity index (χ0) is 13.6. The first kappa shape index (κ1) is 14.7. The number of nitrogens with one attached hydrogen (secondary N) is 1. The fourth-order valence-electron chi connectivity index (χ4n) is 1.37. The topological polar surface area (TPSA) is 72.5 Å². The van der Waals surface area contributed by atoms with Gasteiger partial charge in [-0.25, -0.2) is 13.1 Å². The zero-order valence-electron chi connectivity index (χ0n) is 10.5.